The highest BCUT2D eigenvalue weighted by Gasteiger charge is 2.26. The van der Waals surface area contributed by atoms with Crippen LogP contribution < -0.4 is 5.73 Å². The number of hydrogen-bond donors (Lipinski definition) is 2. The van der Waals surface area contributed by atoms with E-state index in [0.29, 0.717) is 6.42 Å². The van der Waals surface area contributed by atoms with Crippen LogP contribution >= 0.6 is 7.82 Å². The van der Waals surface area contributed by atoms with Crippen molar-refractivity contribution in [3.05, 3.63) is 24.3 Å². The van der Waals surface area contributed by atoms with E-state index in [4.69, 9.17) is 24.3 Å². The van der Waals surface area contributed by atoms with Crippen LogP contribution in [0.5, 0.6) is 0 Å². The third-order valence-electron chi connectivity index (χ3n) is 15.3. The minimum absolute atomic E-state index is 0.0551. The molecule has 0 spiro atoms. The molecule has 0 bridgehead atoms. The van der Waals surface area contributed by atoms with Gasteiger partial charge in [0.1, 0.15) is 6.61 Å². The molecule has 0 radical (unpaired) electrons. The largest absolute Gasteiger partial charge is 0.472 e. The second kappa shape index (κ2) is 63.7. The van der Waals surface area contributed by atoms with Crippen LogP contribution in [0, 0.1) is 0 Å². The zero-order valence-electron chi connectivity index (χ0n) is 51.2. The molecule has 0 saturated carbocycles. The summed E-state index contributed by atoms with van der Waals surface area (Å²) in [7, 11) is -4.39. The Balaban J connectivity index is 3.70. The summed E-state index contributed by atoms with van der Waals surface area (Å²) in [6.07, 6.45) is 77.3. The molecule has 0 amide bonds. The number of phosphoric ester groups is 1. The van der Waals surface area contributed by atoms with Crippen molar-refractivity contribution in [3.8, 4) is 0 Å². The summed E-state index contributed by atoms with van der Waals surface area (Å²) in [6.45, 7) is 3.78. The normalized spacial score (nSPS) is 13.0. The lowest BCUT2D eigenvalue weighted by atomic mass is 10.0. The molecule has 0 aromatic rings. The standard InChI is InChI=1S/C67H130NO8P/c1-3-5-7-9-11-13-15-17-19-20-21-22-23-24-25-26-27-28-29-30-31-32-33-34-35-36-37-38-39-40-41-42-43-44-46-48-50-52-54-56-58-60-67(70)76-65(64-75-77(71,72)74-62-61-68)63-73-66(69)59-57-55-53-51-49-47-45-18-16-14-12-10-8-6-4-2/h18,20-21,45,65H,3-17,19,22-44,46-64,68H2,1-2H3,(H,71,72)/b21-20-,45-18-. The van der Waals surface area contributed by atoms with Crippen LogP contribution in [0.3, 0.4) is 0 Å². The predicted molar refractivity (Wildman–Crippen MR) is 331 cm³/mol. The summed E-state index contributed by atoms with van der Waals surface area (Å²) in [4.78, 5) is 35.2. The van der Waals surface area contributed by atoms with Crippen LogP contribution in [-0.2, 0) is 32.7 Å². The van der Waals surface area contributed by atoms with Gasteiger partial charge in [0.15, 0.2) is 6.10 Å². The van der Waals surface area contributed by atoms with Crippen LogP contribution in [0.15, 0.2) is 24.3 Å². The fourth-order valence-corrected chi connectivity index (χ4v) is 11.0. The smallest absolute Gasteiger partial charge is 0.462 e. The van der Waals surface area contributed by atoms with Crippen LogP contribution in [0.2, 0.25) is 0 Å². The lowest BCUT2D eigenvalue weighted by molar-refractivity contribution is -0.161. The number of esters is 2. The molecule has 0 aromatic heterocycles. The van der Waals surface area contributed by atoms with E-state index in [1.54, 1.807) is 0 Å². The zero-order chi connectivity index (χ0) is 55.9. The number of carbonyl (C=O) groups is 2. The minimum Gasteiger partial charge on any atom is -0.462 e. The van der Waals surface area contributed by atoms with E-state index in [0.717, 1.165) is 51.4 Å². The van der Waals surface area contributed by atoms with Crippen molar-refractivity contribution in [2.45, 2.75) is 367 Å². The lowest BCUT2D eigenvalue weighted by Gasteiger charge is -2.19. The van der Waals surface area contributed by atoms with Gasteiger partial charge in [-0.1, -0.05) is 308 Å². The molecule has 0 rings (SSSR count). The van der Waals surface area contributed by atoms with Gasteiger partial charge in [-0.25, -0.2) is 4.57 Å². The van der Waals surface area contributed by atoms with E-state index in [2.05, 4.69) is 38.2 Å². The van der Waals surface area contributed by atoms with Gasteiger partial charge < -0.3 is 20.1 Å². The van der Waals surface area contributed by atoms with Crippen LogP contribution in [0.1, 0.15) is 361 Å². The van der Waals surface area contributed by atoms with Crippen molar-refractivity contribution in [2.24, 2.45) is 5.73 Å². The first-order valence-corrected chi connectivity index (χ1v) is 35.3. The maximum atomic E-state index is 12.7. The van der Waals surface area contributed by atoms with Gasteiger partial charge in [-0.3, -0.25) is 18.6 Å². The Morgan fingerprint density at radius 2 is 0.636 bits per heavy atom. The van der Waals surface area contributed by atoms with Crippen molar-refractivity contribution in [1.29, 1.82) is 0 Å². The molecule has 0 aliphatic rings. The molecule has 2 unspecified atom stereocenters. The van der Waals surface area contributed by atoms with Crippen molar-refractivity contribution in [1.82, 2.24) is 0 Å². The van der Waals surface area contributed by atoms with Crippen LogP contribution in [-0.4, -0.2) is 49.3 Å². The molecule has 0 fully saturated rings. The molecule has 0 aromatic carbocycles. The summed E-state index contributed by atoms with van der Waals surface area (Å²) >= 11 is 0. The Hall–Kier alpha value is -1.51. The molecule has 77 heavy (non-hydrogen) atoms. The molecule has 0 saturated heterocycles. The highest BCUT2D eigenvalue weighted by Crippen LogP contribution is 2.43. The average molecular weight is 1110 g/mol. The minimum atomic E-state index is -4.39. The first kappa shape index (κ1) is 75.5. The third kappa shape index (κ3) is 63.5. The second-order valence-corrected chi connectivity index (χ2v) is 24.5. The Morgan fingerprint density at radius 3 is 0.922 bits per heavy atom. The second-order valence-electron chi connectivity index (χ2n) is 23.0. The zero-order valence-corrected chi connectivity index (χ0v) is 52.1. The maximum Gasteiger partial charge on any atom is 0.472 e. The summed E-state index contributed by atoms with van der Waals surface area (Å²) in [6, 6.07) is 0. The van der Waals surface area contributed by atoms with Crippen molar-refractivity contribution < 1.29 is 37.6 Å². The van der Waals surface area contributed by atoms with Gasteiger partial charge in [0.25, 0.3) is 0 Å². The molecule has 0 aliphatic carbocycles. The molecule has 0 aliphatic heterocycles. The van der Waals surface area contributed by atoms with Gasteiger partial charge in [0, 0.05) is 19.4 Å². The molecule has 3 N–H and O–H groups in total. The molecular weight excluding hydrogens is 978 g/mol. The molecule has 9 nitrogen and oxygen atoms in total. The van der Waals surface area contributed by atoms with Gasteiger partial charge in [0.05, 0.1) is 13.2 Å². The highest BCUT2D eigenvalue weighted by molar-refractivity contribution is 7.47. The summed E-state index contributed by atoms with van der Waals surface area (Å²) < 4.78 is 33.0. The number of carbonyl (C=O) groups excluding carboxylic acids is 2. The third-order valence-corrected chi connectivity index (χ3v) is 16.3. The predicted octanol–water partition coefficient (Wildman–Crippen LogP) is 21.8. The van der Waals surface area contributed by atoms with Crippen molar-refractivity contribution in [2.75, 3.05) is 26.4 Å². The first-order chi connectivity index (χ1) is 37.8. The fourth-order valence-electron chi connectivity index (χ4n) is 10.3. The Bertz CT molecular complexity index is 1310. The fraction of sp³-hybridized carbons (Fsp3) is 0.910. The summed E-state index contributed by atoms with van der Waals surface area (Å²) in [5.41, 5.74) is 5.39. The van der Waals surface area contributed by atoms with E-state index >= 15 is 0 Å². The van der Waals surface area contributed by atoms with Gasteiger partial charge in [-0.15, -0.1) is 0 Å². The van der Waals surface area contributed by atoms with Crippen molar-refractivity contribution >= 4 is 19.8 Å². The monoisotopic (exact) mass is 1110 g/mol. The number of ether oxygens (including phenoxy) is 2. The molecule has 456 valence electrons. The van der Waals surface area contributed by atoms with Crippen molar-refractivity contribution in [3.63, 3.8) is 0 Å². The van der Waals surface area contributed by atoms with E-state index in [9.17, 15) is 19.0 Å². The number of phosphoric acid groups is 1. The lowest BCUT2D eigenvalue weighted by Crippen LogP contribution is -2.29. The molecular formula is C67H130NO8P. The topological polar surface area (TPSA) is 134 Å². The highest BCUT2D eigenvalue weighted by atomic mass is 31.2. The Kier molecular flexibility index (Phi) is 62.4. The number of nitrogens with two attached hydrogens (primary N) is 1. The first-order valence-electron chi connectivity index (χ1n) is 33.8. The van der Waals surface area contributed by atoms with Gasteiger partial charge in [0.2, 0.25) is 0 Å². The average Bonchev–Trinajstić information content (AvgIpc) is 3.42. The maximum absolute atomic E-state index is 12.7. The molecule has 10 heteroatoms. The molecule has 0 heterocycles. The van der Waals surface area contributed by atoms with E-state index in [1.165, 1.54) is 276 Å². The van der Waals surface area contributed by atoms with Crippen LogP contribution in [0.25, 0.3) is 0 Å². The molecule has 2 atom stereocenters. The van der Waals surface area contributed by atoms with E-state index in [-0.39, 0.29) is 38.6 Å². The van der Waals surface area contributed by atoms with E-state index < -0.39 is 26.5 Å². The number of hydrogen-bond acceptors (Lipinski definition) is 8. The summed E-state index contributed by atoms with van der Waals surface area (Å²) in [5.74, 6) is -0.819. The van der Waals surface area contributed by atoms with Gasteiger partial charge >= 0.3 is 19.8 Å². The summed E-state index contributed by atoms with van der Waals surface area (Å²) in [5, 5.41) is 0. The number of unbranched alkanes of at least 4 members (excludes halogenated alkanes) is 48. The Labute approximate surface area is 478 Å². The number of rotatable bonds is 65. The van der Waals surface area contributed by atoms with E-state index in [1.807, 2.05) is 0 Å². The number of allylic oxidation sites excluding steroid dienone is 4. The van der Waals surface area contributed by atoms with Crippen LogP contribution in [0.4, 0.5) is 0 Å². The quantitative estimate of drug-likeness (QED) is 0.0264. The Morgan fingerprint density at radius 1 is 0.377 bits per heavy atom. The SMILES string of the molecule is CCCCCCCC/C=C\CCCCCCCC(=O)OCC(COP(=O)(O)OCCN)OC(=O)CCCCCCCCCCCCCCCCCCCCCCCCCCCCCCC/C=C\CCCCCCCCCC. The van der Waals surface area contributed by atoms with Gasteiger partial charge in [-0.05, 0) is 64.2 Å². The van der Waals surface area contributed by atoms with Gasteiger partial charge in [-0.2, -0.15) is 0 Å².